The molecule has 11 heteroatoms. The van der Waals surface area contributed by atoms with Crippen LogP contribution in [-0.4, -0.2) is 60.5 Å². The number of hydrogen-bond donors (Lipinski definition) is 1. The summed E-state index contributed by atoms with van der Waals surface area (Å²) in [4.78, 5) is 27.3. The lowest BCUT2D eigenvalue weighted by atomic mass is 9.94. The predicted molar refractivity (Wildman–Crippen MR) is 110 cm³/mol. The number of alkyl halides is 4. The number of amides is 3. The molecule has 1 aliphatic heterocycles. The number of carbonyl (C=O) groups is 2. The Morgan fingerprint density at radius 3 is 2.45 bits per heavy atom. The van der Waals surface area contributed by atoms with Gasteiger partial charge in [0.2, 0.25) is 0 Å². The van der Waals surface area contributed by atoms with Crippen molar-refractivity contribution in [3.8, 4) is 11.9 Å². The number of ether oxygens (including phenoxy) is 1. The molecule has 7 nitrogen and oxygen atoms in total. The van der Waals surface area contributed by atoms with Crippen molar-refractivity contribution in [1.82, 2.24) is 15.1 Å². The van der Waals surface area contributed by atoms with Gasteiger partial charge in [-0.05, 0) is 37.2 Å². The zero-order chi connectivity index (χ0) is 24.2. The summed E-state index contributed by atoms with van der Waals surface area (Å²) in [6.45, 7) is -2.25. The van der Waals surface area contributed by atoms with Gasteiger partial charge in [-0.3, -0.25) is 9.69 Å². The number of carbonyl (C=O) groups excluding carboxylic acids is 2. The maximum Gasteiger partial charge on any atom is 0.387 e. The van der Waals surface area contributed by atoms with Gasteiger partial charge in [-0.1, -0.05) is 18.2 Å². The number of urea groups is 1. The highest BCUT2D eigenvalue weighted by Gasteiger charge is 2.46. The third-order valence-electron chi connectivity index (χ3n) is 6.29. The van der Waals surface area contributed by atoms with Crippen LogP contribution in [0.2, 0.25) is 0 Å². The lowest BCUT2D eigenvalue weighted by Crippen LogP contribution is -2.54. The minimum Gasteiger partial charge on any atom is -0.435 e. The second kappa shape index (κ2) is 9.85. The largest absolute Gasteiger partial charge is 0.435 e. The minimum atomic E-state index is -3.56. The van der Waals surface area contributed by atoms with Crippen LogP contribution in [0.5, 0.6) is 5.75 Å². The second-order valence-corrected chi connectivity index (χ2v) is 8.71. The van der Waals surface area contributed by atoms with Crippen LogP contribution in [0.4, 0.5) is 22.4 Å². The summed E-state index contributed by atoms with van der Waals surface area (Å²) in [5.41, 5.74) is 0.132. The topological polar surface area (TPSA) is 85.7 Å². The normalized spacial score (nSPS) is 17.9. The first kappa shape index (κ1) is 24.6. The van der Waals surface area contributed by atoms with E-state index in [2.05, 4.69) is 10.1 Å². The van der Waals surface area contributed by atoms with Gasteiger partial charge in [0.05, 0.1) is 0 Å². The summed E-state index contributed by atoms with van der Waals surface area (Å²) >= 11 is 0. The Balaban J connectivity index is 1.70. The summed E-state index contributed by atoms with van der Waals surface area (Å²) < 4.78 is 59.4. The van der Waals surface area contributed by atoms with Gasteiger partial charge in [0.1, 0.15) is 11.8 Å². The summed E-state index contributed by atoms with van der Waals surface area (Å²) in [5.74, 6) is -4.94. The number of para-hydroxylation sites is 1. The summed E-state index contributed by atoms with van der Waals surface area (Å²) in [5, 5.41) is 11.4. The highest BCUT2D eigenvalue weighted by Crippen LogP contribution is 2.53. The van der Waals surface area contributed by atoms with Gasteiger partial charge in [0.15, 0.2) is 6.19 Å². The van der Waals surface area contributed by atoms with Crippen LogP contribution < -0.4 is 10.1 Å². The Bertz CT molecular complexity index is 907. The molecule has 3 rings (SSSR count). The highest BCUT2D eigenvalue weighted by molar-refractivity contribution is 5.88. The number of hydrogen-bond acceptors (Lipinski definition) is 4. The fourth-order valence-corrected chi connectivity index (χ4v) is 4.09. The first-order valence-electron chi connectivity index (χ1n) is 10.7. The molecule has 1 aliphatic carbocycles. The van der Waals surface area contributed by atoms with Crippen LogP contribution in [-0.2, 0) is 11.2 Å². The molecule has 0 radical (unpaired) electrons. The number of likely N-dealkylation sites (N-methyl/N-ethyl adjacent to an activating group) is 1. The molecule has 0 unspecified atom stereocenters. The maximum absolute atomic E-state index is 14.9. The zero-order valence-electron chi connectivity index (χ0n) is 18.2. The number of nitriles is 1. The second-order valence-electron chi connectivity index (χ2n) is 8.71. The molecule has 1 aromatic carbocycles. The quantitative estimate of drug-likeness (QED) is 0.356. The number of nitrogens with one attached hydrogen (secondary N) is 1. The molecule has 1 aromatic rings. The summed E-state index contributed by atoms with van der Waals surface area (Å²) in [6, 6.07) is 2.83. The molecule has 180 valence electrons. The fourth-order valence-electron chi connectivity index (χ4n) is 4.09. The molecular formula is C22H26F4N4O3. The molecule has 0 aromatic heterocycles. The highest BCUT2D eigenvalue weighted by atomic mass is 19.3. The monoisotopic (exact) mass is 470 g/mol. The number of nitrogens with zero attached hydrogens (tertiary/aromatic N) is 3. The van der Waals surface area contributed by atoms with Gasteiger partial charge in [-0.25, -0.2) is 13.6 Å². The number of benzene rings is 1. The van der Waals surface area contributed by atoms with Crippen molar-refractivity contribution in [2.24, 2.45) is 5.41 Å². The van der Waals surface area contributed by atoms with Crippen LogP contribution in [0.15, 0.2) is 24.3 Å². The first-order chi connectivity index (χ1) is 15.5. The van der Waals surface area contributed by atoms with E-state index in [1.54, 1.807) is 6.19 Å². The molecule has 1 N–H and O–H groups in total. The van der Waals surface area contributed by atoms with E-state index in [9.17, 15) is 27.2 Å². The predicted octanol–water partition coefficient (Wildman–Crippen LogP) is 3.75. The van der Waals surface area contributed by atoms with E-state index in [0.717, 1.165) is 38.8 Å². The van der Waals surface area contributed by atoms with Crippen LogP contribution >= 0.6 is 0 Å². The van der Waals surface area contributed by atoms with Crippen molar-refractivity contribution in [3.05, 3.63) is 29.8 Å². The third kappa shape index (κ3) is 6.49. The van der Waals surface area contributed by atoms with Crippen LogP contribution in [0, 0.1) is 16.9 Å². The van der Waals surface area contributed by atoms with Gasteiger partial charge < -0.3 is 15.0 Å². The van der Waals surface area contributed by atoms with Gasteiger partial charge in [0.25, 0.3) is 11.8 Å². The van der Waals surface area contributed by atoms with E-state index in [0.29, 0.717) is 23.4 Å². The van der Waals surface area contributed by atoms with Crippen LogP contribution in [0.25, 0.3) is 0 Å². The van der Waals surface area contributed by atoms with E-state index >= 15 is 0 Å². The van der Waals surface area contributed by atoms with Gasteiger partial charge in [-0.15, -0.1) is 0 Å². The molecule has 33 heavy (non-hydrogen) atoms. The number of halogens is 4. The van der Waals surface area contributed by atoms with Gasteiger partial charge in [0, 0.05) is 38.5 Å². The van der Waals surface area contributed by atoms with E-state index in [1.807, 2.05) is 0 Å². The number of piperidine rings is 1. The summed E-state index contributed by atoms with van der Waals surface area (Å²) in [6.07, 6.45) is 3.36. The van der Waals surface area contributed by atoms with Crippen molar-refractivity contribution < 1.29 is 31.9 Å². The van der Waals surface area contributed by atoms with Crippen molar-refractivity contribution >= 4 is 11.9 Å². The minimum absolute atomic E-state index is 0.167. The zero-order valence-corrected chi connectivity index (χ0v) is 18.2. The molecule has 1 saturated heterocycles. The third-order valence-corrected chi connectivity index (χ3v) is 6.29. The van der Waals surface area contributed by atoms with Crippen LogP contribution in [0.3, 0.4) is 0 Å². The Labute approximate surface area is 189 Å². The Morgan fingerprint density at radius 1 is 1.24 bits per heavy atom. The SMILES string of the molecule is CN(C#N)C(=O)[C@H](CC(F)(F)Cc1ccccc1OC(F)F)NC(=O)N1CCC2(CC1)CC2. The Hall–Kier alpha value is -3.03. The van der Waals surface area contributed by atoms with Crippen LogP contribution in [0.1, 0.15) is 37.7 Å². The average molecular weight is 470 g/mol. The Kier molecular flexibility index (Phi) is 7.34. The molecule has 0 bridgehead atoms. The maximum atomic E-state index is 14.9. The van der Waals surface area contributed by atoms with E-state index in [1.165, 1.54) is 23.1 Å². The molecular weight excluding hydrogens is 444 g/mol. The lowest BCUT2D eigenvalue weighted by molar-refractivity contribution is -0.132. The molecule has 1 heterocycles. The standard InChI is InChI=1S/C22H26F4N4O3/c1-29(14-27)18(31)16(28-20(32)30-10-8-21(6-7-21)9-11-30)13-22(25,26)12-15-4-2-3-5-17(15)33-19(23)24/h2-5,16,19H,6-13H2,1H3,(H,28,32)/t16-/m0/s1. The Morgan fingerprint density at radius 2 is 1.88 bits per heavy atom. The molecule has 2 fully saturated rings. The van der Waals surface area contributed by atoms with Crippen molar-refractivity contribution in [2.75, 3.05) is 20.1 Å². The molecule has 1 spiro atoms. The van der Waals surface area contributed by atoms with E-state index < -0.39 is 49.1 Å². The lowest BCUT2D eigenvalue weighted by Gasteiger charge is -2.34. The van der Waals surface area contributed by atoms with Crippen molar-refractivity contribution in [3.63, 3.8) is 0 Å². The van der Waals surface area contributed by atoms with E-state index in [-0.39, 0.29) is 5.56 Å². The molecule has 3 amide bonds. The van der Waals surface area contributed by atoms with Gasteiger partial charge >= 0.3 is 12.6 Å². The average Bonchev–Trinajstić information content (AvgIpc) is 3.52. The van der Waals surface area contributed by atoms with Crippen molar-refractivity contribution in [1.29, 1.82) is 5.26 Å². The molecule has 1 saturated carbocycles. The smallest absolute Gasteiger partial charge is 0.387 e. The van der Waals surface area contributed by atoms with Crippen molar-refractivity contribution in [2.45, 2.75) is 57.1 Å². The molecule has 1 atom stereocenters. The van der Waals surface area contributed by atoms with E-state index in [4.69, 9.17) is 5.26 Å². The number of likely N-dealkylation sites (tertiary alicyclic amines) is 1. The fraction of sp³-hybridized carbons (Fsp3) is 0.591. The van der Waals surface area contributed by atoms with Gasteiger partial charge in [-0.2, -0.15) is 14.0 Å². The number of rotatable bonds is 8. The molecule has 2 aliphatic rings. The summed E-state index contributed by atoms with van der Waals surface area (Å²) in [7, 11) is 1.11. The first-order valence-corrected chi connectivity index (χ1v) is 10.7.